The van der Waals surface area contributed by atoms with E-state index in [0.717, 1.165) is 5.69 Å². The second-order valence-electron chi connectivity index (χ2n) is 9.98. The van der Waals surface area contributed by atoms with Crippen LogP contribution in [0.2, 0.25) is 0 Å². The highest BCUT2D eigenvalue weighted by atomic mass is 16.5. The largest absolute Gasteiger partial charge is 0.494 e. The highest BCUT2D eigenvalue weighted by Crippen LogP contribution is 2.37. The number of nitrogens with zero attached hydrogens (tertiary/aromatic N) is 7. The molecule has 1 amide bonds. The van der Waals surface area contributed by atoms with E-state index in [1.54, 1.807) is 58.2 Å². The predicted molar refractivity (Wildman–Crippen MR) is 151 cm³/mol. The molecule has 4 aromatic rings. The molecule has 4 rings (SSSR count). The van der Waals surface area contributed by atoms with Crippen molar-refractivity contribution in [3.63, 3.8) is 0 Å². The number of rotatable bonds is 9. The first-order chi connectivity index (χ1) is 20.6. The van der Waals surface area contributed by atoms with Gasteiger partial charge in [0.2, 0.25) is 0 Å². The standard InChI is InChI=1S/C27H32N10O4/c1-15-11-21(30-16(2)29-15)32-22-12-19(23(35-34-22)25(38)28-6)31-18-10-8-9-17(24(18)40-7)20-13-37(36-33-20)14-41-26(39)27(3,4)5/h8-13H,14H2,1-7H3,(H,28,38)(H2,29,30,31,32,34)/i6D3. The lowest BCUT2D eigenvalue weighted by Crippen LogP contribution is -2.24. The third kappa shape index (κ3) is 6.90. The van der Waals surface area contributed by atoms with E-state index in [0.29, 0.717) is 34.3 Å². The molecular weight excluding hydrogens is 528 g/mol. The lowest BCUT2D eigenvalue weighted by atomic mass is 9.98. The summed E-state index contributed by atoms with van der Waals surface area (Å²) in [7, 11) is 1.46. The van der Waals surface area contributed by atoms with Crippen LogP contribution in [0.3, 0.4) is 0 Å². The summed E-state index contributed by atoms with van der Waals surface area (Å²) in [6.45, 7) is 5.92. The molecule has 0 aliphatic heterocycles. The Kier molecular flexibility index (Phi) is 7.24. The molecule has 0 saturated carbocycles. The molecule has 1 aromatic carbocycles. The summed E-state index contributed by atoms with van der Waals surface area (Å²) in [6, 6.07) is 8.36. The van der Waals surface area contributed by atoms with Gasteiger partial charge >= 0.3 is 5.97 Å². The van der Waals surface area contributed by atoms with Crippen LogP contribution in [0.25, 0.3) is 11.3 Å². The van der Waals surface area contributed by atoms with Gasteiger partial charge < -0.3 is 25.4 Å². The number of hydrogen-bond acceptors (Lipinski definition) is 12. The molecule has 14 nitrogen and oxygen atoms in total. The summed E-state index contributed by atoms with van der Waals surface area (Å²) in [6.07, 6.45) is 1.59. The van der Waals surface area contributed by atoms with Crippen molar-refractivity contribution in [2.24, 2.45) is 5.41 Å². The van der Waals surface area contributed by atoms with E-state index in [9.17, 15) is 9.59 Å². The highest BCUT2D eigenvalue weighted by Gasteiger charge is 2.23. The molecule has 214 valence electrons. The van der Waals surface area contributed by atoms with E-state index < -0.39 is 18.3 Å². The van der Waals surface area contributed by atoms with Crippen molar-refractivity contribution < 1.29 is 23.2 Å². The molecule has 0 atom stereocenters. The number of amides is 1. The van der Waals surface area contributed by atoms with Crippen molar-refractivity contribution in [1.82, 2.24) is 40.5 Å². The summed E-state index contributed by atoms with van der Waals surface area (Å²) in [5.74, 6) is 0.189. The second kappa shape index (κ2) is 11.9. The summed E-state index contributed by atoms with van der Waals surface area (Å²) in [5.41, 5.74) is 1.26. The number of benzene rings is 1. The van der Waals surface area contributed by atoms with Gasteiger partial charge in [0, 0.05) is 34.5 Å². The van der Waals surface area contributed by atoms with Crippen molar-refractivity contribution in [1.29, 1.82) is 0 Å². The van der Waals surface area contributed by atoms with Crippen molar-refractivity contribution >= 4 is 34.9 Å². The van der Waals surface area contributed by atoms with Crippen LogP contribution < -0.4 is 20.7 Å². The SMILES string of the molecule is [2H]C([2H])([2H])NC(=O)c1nnc(Nc2cc(C)nc(C)n2)cc1Nc1cccc(-c2cn(COC(=O)C(C)(C)C)nn2)c1OC. The number of methoxy groups -OCH3 is 1. The molecule has 0 aliphatic carbocycles. The number of nitrogens with one attached hydrogen (secondary N) is 3. The minimum Gasteiger partial charge on any atom is -0.494 e. The van der Waals surface area contributed by atoms with Crippen LogP contribution >= 0.6 is 0 Å². The monoisotopic (exact) mass is 563 g/mol. The maximum absolute atomic E-state index is 12.9. The van der Waals surface area contributed by atoms with Gasteiger partial charge in [-0.05, 0) is 46.8 Å². The molecule has 3 aromatic heterocycles. The van der Waals surface area contributed by atoms with Crippen LogP contribution in [-0.2, 0) is 16.3 Å². The summed E-state index contributed by atoms with van der Waals surface area (Å²) >= 11 is 0. The number of carbonyl (C=O) groups is 2. The summed E-state index contributed by atoms with van der Waals surface area (Å²) < 4.78 is 34.7. The second-order valence-corrected chi connectivity index (χ2v) is 9.98. The highest BCUT2D eigenvalue weighted by molar-refractivity contribution is 5.99. The van der Waals surface area contributed by atoms with E-state index in [4.69, 9.17) is 13.6 Å². The number of carbonyl (C=O) groups excluding carboxylic acids is 2. The maximum atomic E-state index is 12.9. The Balaban J connectivity index is 1.68. The summed E-state index contributed by atoms with van der Waals surface area (Å²) in [5, 5.41) is 24.4. The van der Waals surface area contributed by atoms with Gasteiger partial charge in [-0.25, -0.2) is 14.6 Å². The van der Waals surface area contributed by atoms with Crippen LogP contribution in [0.5, 0.6) is 5.75 Å². The molecule has 0 aliphatic rings. The number of esters is 1. The van der Waals surface area contributed by atoms with Crippen LogP contribution in [0.4, 0.5) is 23.0 Å². The van der Waals surface area contributed by atoms with Gasteiger partial charge in [-0.3, -0.25) is 9.59 Å². The van der Waals surface area contributed by atoms with Gasteiger partial charge in [0.1, 0.15) is 17.3 Å². The molecule has 3 N–H and O–H groups in total. The predicted octanol–water partition coefficient (Wildman–Crippen LogP) is 3.54. The normalized spacial score (nSPS) is 12.5. The van der Waals surface area contributed by atoms with Crippen LogP contribution in [0.15, 0.2) is 36.5 Å². The zero-order valence-corrected chi connectivity index (χ0v) is 23.4. The molecule has 3 heterocycles. The Morgan fingerprint density at radius 2 is 1.83 bits per heavy atom. The molecule has 14 heteroatoms. The van der Waals surface area contributed by atoms with E-state index in [1.807, 2.05) is 12.2 Å². The molecule has 0 bridgehead atoms. The average Bonchev–Trinajstić information content (AvgIpc) is 3.38. The number of aromatic nitrogens is 7. The molecule has 0 fully saturated rings. The number of anilines is 4. The van der Waals surface area contributed by atoms with Crippen LogP contribution in [0, 0.1) is 19.3 Å². The van der Waals surface area contributed by atoms with Gasteiger partial charge in [0.05, 0.1) is 30.1 Å². The average molecular weight is 564 g/mol. The van der Waals surface area contributed by atoms with Gasteiger partial charge in [-0.2, -0.15) is 0 Å². The summed E-state index contributed by atoms with van der Waals surface area (Å²) in [4.78, 5) is 33.6. The lowest BCUT2D eigenvalue weighted by molar-refractivity contribution is -0.157. The van der Waals surface area contributed by atoms with E-state index in [1.165, 1.54) is 17.9 Å². The van der Waals surface area contributed by atoms with Gasteiger partial charge in [0.15, 0.2) is 24.0 Å². The first-order valence-corrected chi connectivity index (χ1v) is 12.4. The number of para-hydroxylation sites is 1. The number of aryl methyl sites for hydroxylation is 2. The Bertz CT molecular complexity index is 1670. The van der Waals surface area contributed by atoms with Crippen molar-refractivity contribution in [2.75, 3.05) is 24.7 Å². The fraction of sp³-hybridized carbons (Fsp3) is 0.333. The minimum absolute atomic E-state index is 0.125. The first-order valence-electron chi connectivity index (χ1n) is 13.9. The third-order valence-corrected chi connectivity index (χ3v) is 5.59. The smallest absolute Gasteiger partial charge is 0.313 e. The maximum Gasteiger partial charge on any atom is 0.313 e. The van der Waals surface area contributed by atoms with E-state index >= 15 is 0 Å². The molecule has 0 spiro atoms. The van der Waals surface area contributed by atoms with Crippen LogP contribution in [-0.4, -0.2) is 61.1 Å². The zero-order chi connectivity index (χ0) is 32.2. The Morgan fingerprint density at radius 1 is 1.02 bits per heavy atom. The minimum atomic E-state index is -2.76. The quantitative estimate of drug-likeness (QED) is 0.253. The fourth-order valence-electron chi connectivity index (χ4n) is 3.72. The third-order valence-electron chi connectivity index (χ3n) is 5.59. The molecule has 0 saturated heterocycles. The molecular formula is C27H32N10O4. The van der Waals surface area contributed by atoms with E-state index in [-0.39, 0.29) is 29.9 Å². The van der Waals surface area contributed by atoms with Gasteiger partial charge in [-0.15, -0.1) is 15.3 Å². The molecule has 0 unspecified atom stereocenters. The van der Waals surface area contributed by atoms with Gasteiger partial charge in [-0.1, -0.05) is 11.3 Å². The lowest BCUT2D eigenvalue weighted by Gasteiger charge is -2.16. The Morgan fingerprint density at radius 3 is 2.54 bits per heavy atom. The topological polar surface area (TPSA) is 171 Å². The fourth-order valence-corrected chi connectivity index (χ4v) is 3.72. The number of hydrogen-bond donors (Lipinski definition) is 3. The van der Waals surface area contributed by atoms with Crippen molar-refractivity contribution in [3.05, 3.63) is 53.7 Å². The Labute approximate surface area is 241 Å². The van der Waals surface area contributed by atoms with Crippen molar-refractivity contribution in [3.8, 4) is 17.0 Å². The van der Waals surface area contributed by atoms with Crippen LogP contribution in [0.1, 0.15) is 46.9 Å². The van der Waals surface area contributed by atoms with Gasteiger partial charge in [0.25, 0.3) is 5.91 Å². The number of ether oxygens (including phenoxy) is 2. The Hall–Kier alpha value is -5.14. The van der Waals surface area contributed by atoms with E-state index in [2.05, 4.69) is 41.1 Å². The zero-order valence-electron chi connectivity index (χ0n) is 26.4. The molecule has 41 heavy (non-hydrogen) atoms. The van der Waals surface area contributed by atoms with Crippen molar-refractivity contribution in [2.45, 2.75) is 41.3 Å². The first kappa shape index (κ1) is 24.9. The molecule has 0 radical (unpaired) electrons.